The standard InChI is InChI=1S/C4H7N3OS/c5-4(8)7-2-1-3-9-6-7/h1,3,6H,2H2,(H2,5,8). The summed E-state index contributed by atoms with van der Waals surface area (Å²) in [5.41, 5.74) is 4.94. The zero-order valence-corrected chi connectivity index (χ0v) is 5.52. The van der Waals surface area contributed by atoms with Crippen LogP contribution in [0.4, 0.5) is 4.79 Å². The molecule has 0 saturated heterocycles. The van der Waals surface area contributed by atoms with Gasteiger partial charge in [-0.05, 0) is 17.4 Å². The SMILES string of the molecule is NC(=O)N1CC=CSN1. The number of carbonyl (C=O) groups is 1. The Morgan fingerprint density at radius 3 is 3.00 bits per heavy atom. The van der Waals surface area contributed by atoms with Crippen LogP contribution in [-0.2, 0) is 0 Å². The van der Waals surface area contributed by atoms with Gasteiger partial charge in [0.1, 0.15) is 0 Å². The third kappa shape index (κ3) is 1.62. The fourth-order valence-electron chi connectivity index (χ4n) is 0.463. The van der Waals surface area contributed by atoms with Crippen molar-refractivity contribution >= 4 is 18.0 Å². The minimum Gasteiger partial charge on any atom is -0.350 e. The van der Waals surface area contributed by atoms with Gasteiger partial charge in [0, 0.05) is 0 Å². The number of nitrogens with zero attached hydrogens (tertiary/aromatic N) is 1. The molecular formula is C4H7N3OS. The van der Waals surface area contributed by atoms with Gasteiger partial charge in [-0.15, -0.1) is 0 Å². The number of nitrogens with two attached hydrogens (primary N) is 1. The third-order valence-corrected chi connectivity index (χ3v) is 1.54. The molecule has 0 aromatic heterocycles. The van der Waals surface area contributed by atoms with Crippen molar-refractivity contribution < 1.29 is 4.79 Å². The molecule has 0 aromatic rings. The molecule has 0 spiro atoms. The summed E-state index contributed by atoms with van der Waals surface area (Å²) in [5.74, 6) is 0. The van der Waals surface area contributed by atoms with Gasteiger partial charge in [0.15, 0.2) is 0 Å². The second-order valence-electron chi connectivity index (χ2n) is 1.53. The first kappa shape index (κ1) is 6.44. The number of primary amides is 1. The highest BCUT2D eigenvalue weighted by molar-refractivity contribution is 8.00. The molecule has 0 unspecified atom stereocenters. The van der Waals surface area contributed by atoms with Crippen molar-refractivity contribution in [2.45, 2.75) is 0 Å². The number of hydrogen-bond acceptors (Lipinski definition) is 3. The molecule has 1 rings (SSSR count). The molecule has 0 atom stereocenters. The summed E-state index contributed by atoms with van der Waals surface area (Å²) in [5, 5.41) is 3.18. The van der Waals surface area contributed by atoms with E-state index < -0.39 is 6.03 Å². The van der Waals surface area contributed by atoms with E-state index in [0.717, 1.165) is 0 Å². The smallest absolute Gasteiger partial charge is 0.330 e. The van der Waals surface area contributed by atoms with Crippen molar-refractivity contribution in [3.63, 3.8) is 0 Å². The molecule has 3 N–H and O–H groups in total. The molecule has 50 valence electrons. The van der Waals surface area contributed by atoms with Gasteiger partial charge in [0.05, 0.1) is 6.54 Å². The number of amides is 2. The Hall–Kier alpha value is -0.680. The van der Waals surface area contributed by atoms with E-state index in [0.29, 0.717) is 6.54 Å². The van der Waals surface area contributed by atoms with Crippen molar-refractivity contribution in [2.24, 2.45) is 5.73 Å². The number of urea groups is 1. The first-order chi connectivity index (χ1) is 4.30. The number of rotatable bonds is 0. The van der Waals surface area contributed by atoms with Crippen molar-refractivity contribution in [1.82, 2.24) is 9.84 Å². The van der Waals surface area contributed by atoms with Gasteiger partial charge in [-0.25, -0.2) is 9.80 Å². The molecule has 1 aliphatic heterocycles. The Morgan fingerprint density at radius 1 is 1.89 bits per heavy atom. The van der Waals surface area contributed by atoms with Crippen LogP contribution in [0.3, 0.4) is 0 Å². The van der Waals surface area contributed by atoms with Gasteiger partial charge < -0.3 is 5.73 Å². The highest BCUT2D eigenvalue weighted by atomic mass is 32.2. The van der Waals surface area contributed by atoms with E-state index in [1.165, 1.54) is 17.0 Å². The number of nitrogens with one attached hydrogen (secondary N) is 1. The number of carbonyl (C=O) groups excluding carboxylic acids is 1. The Labute approximate surface area is 57.2 Å². The monoisotopic (exact) mass is 145 g/mol. The zero-order valence-electron chi connectivity index (χ0n) is 4.70. The Balaban J connectivity index is 2.44. The van der Waals surface area contributed by atoms with Crippen molar-refractivity contribution in [3.8, 4) is 0 Å². The molecule has 0 fully saturated rings. The van der Waals surface area contributed by atoms with Gasteiger partial charge in [0.2, 0.25) is 0 Å². The molecule has 0 saturated carbocycles. The topological polar surface area (TPSA) is 58.4 Å². The summed E-state index contributed by atoms with van der Waals surface area (Å²) in [6.45, 7) is 0.544. The Morgan fingerprint density at radius 2 is 2.67 bits per heavy atom. The quantitative estimate of drug-likeness (QED) is 0.473. The van der Waals surface area contributed by atoms with Gasteiger partial charge in [-0.3, -0.25) is 0 Å². The molecule has 5 heteroatoms. The summed E-state index contributed by atoms with van der Waals surface area (Å²) < 4.78 is 0. The average Bonchev–Trinajstić information content (AvgIpc) is 1.90. The van der Waals surface area contributed by atoms with E-state index in [2.05, 4.69) is 4.83 Å². The minimum absolute atomic E-state index is 0.452. The van der Waals surface area contributed by atoms with Crippen molar-refractivity contribution in [1.29, 1.82) is 0 Å². The molecule has 9 heavy (non-hydrogen) atoms. The number of hydrazine groups is 1. The Kier molecular flexibility index (Phi) is 1.96. The Bertz CT molecular complexity index is 147. The average molecular weight is 145 g/mol. The molecule has 1 aliphatic rings. The summed E-state index contributed by atoms with van der Waals surface area (Å²) in [6.07, 6.45) is 1.85. The van der Waals surface area contributed by atoms with E-state index in [-0.39, 0.29) is 0 Å². The lowest BCUT2D eigenvalue weighted by Crippen LogP contribution is -2.43. The summed E-state index contributed by atoms with van der Waals surface area (Å²) >= 11 is 1.33. The largest absolute Gasteiger partial charge is 0.350 e. The maximum absolute atomic E-state index is 10.4. The van der Waals surface area contributed by atoms with Crippen LogP contribution in [0.25, 0.3) is 0 Å². The van der Waals surface area contributed by atoms with E-state index in [1.807, 2.05) is 11.5 Å². The second-order valence-corrected chi connectivity index (χ2v) is 2.22. The lowest BCUT2D eigenvalue weighted by atomic mass is 10.6. The fourth-order valence-corrected chi connectivity index (χ4v) is 0.998. The predicted molar refractivity (Wildman–Crippen MR) is 36.2 cm³/mol. The van der Waals surface area contributed by atoms with Crippen LogP contribution in [0.15, 0.2) is 11.5 Å². The molecular weight excluding hydrogens is 138 g/mol. The first-order valence-electron chi connectivity index (χ1n) is 2.44. The maximum Gasteiger partial charge on any atom is 0.330 e. The van der Waals surface area contributed by atoms with Gasteiger partial charge in [0.25, 0.3) is 0 Å². The molecule has 0 aliphatic carbocycles. The van der Waals surface area contributed by atoms with Crippen LogP contribution < -0.4 is 10.6 Å². The van der Waals surface area contributed by atoms with E-state index >= 15 is 0 Å². The third-order valence-electron chi connectivity index (χ3n) is 0.881. The summed E-state index contributed by atoms with van der Waals surface area (Å²) in [7, 11) is 0. The van der Waals surface area contributed by atoms with Crippen LogP contribution in [0.1, 0.15) is 0 Å². The van der Waals surface area contributed by atoms with Crippen LogP contribution >= 0.6 is 11.9 Å². The lowest BCUT2D eigenvalue weighted by Gasteiger charge is -2.20. The molecule has 0 aromatic carbocycles. The molecule has 0 radical (unpaired) electrons. The highest BCUT2D eigenvalue weighted by Crippen LogP contribution is 2.03. The minimum atomic E-state index is -0.452. The normalized spacial score (nSPS) is 18.0. The summed E-state index contributed by atoms with van der Waals surface area (Å²) in [6, 6.07) is -0.452. The van der Waals surface area contributed by atoms with Gasteiger partial charge in [-0.1, -0.05) is 6.08 Å². The van der Waals surface area contributed by atoms with E-state index in [1.54, 1.807) is 0 Å². The maximum atomic E-state index is 10.4. The first-order valence-corrected chi connectivity index (χ1v) is 3.32. The van der Waals surface area contributed by atoms with Crippen molar-refractivity contribution in [2.75, 3.05) is 6.54 Å². The van der Waals surface area contributed by atoms with E-state index in [9.17, 15) is 4.79 Å². The predicted octanol–water partition coefficient (Wildman–Crippen LogP) is 0.0472. The number of hydrogen-bond donors (Lipinski definition) is 2. The molecule has 0 bridgehead atoms. The molecule has 2 amide bonds. The van der Waals surface area contributed by atoms with Crippen LogP contribution in [0, 0.1) is 0 Å². The van der Waals surface area contributed by atoms with Gasteiger partial charge in [-0.2, -0.15) is 4.83 Å². The fraction of sp³-hybridized carbons (Fsp3) is 0.250. The molecule has 4 nitrogen and oxygen atoms in total. The summed E-state index contributed by atoms with van der Waals surface area (Å²) in [4.78, 5) is 13.1. The second kappa shape index (κ2) is 2.75. The van der Waals surface area contributed by atoms with Crippen LogP contribution in [0.5, 0.6) is 0 Å². The molecule has 1 heterocycles. The van der Waals surface area contributed by atoms with Crippen molar-refractivity contribution in [3.05, 3.63) is 11.5 Å². The van der Waals surface area contributed by atoms with Crippen LogP contribution in [0.2, 0.25) is 0 Å². The van der Waals surface area contributed by atoms with Gasteiger partial charge >= 0.3 is 6.03 Å². The lowest BCUT2D eigenvalue weighted by molar-refractivity contribution is 0.207. The van der Waals surface area contributed by atoms with E-state index in [4.69, 9.17) is 5.73 Å². The highest BCUT2D eigenvalue weighted by Gasteiger charge is 2.07. The zero-order chi connectivity index (χ0) is 6.69. The van der Waals surface area contributed by atoms with Crippen LogP contribution in [-0.4, -0.2) is 17.6 Å².